The minimum atomic E-state index is -0.410. The largest absolute Gasteiger partial charge is 0.462 e. The van der Waals surface area contributed by atoms with Crippen molar-refractivity contribution in [3.8, 4) is 0 Å². The highest BCUT2D eigenvalue weighted by molar-refractivity contribution is 6.26. The molecule has 0 aromatic heterocycles. The van der Waals surface area contributed by atoms with Gasteiger partial charge in [0.05, 0.1) is 12.2 Å². The molecule has 2 amide bonds. The average molecular weight is 443 g/mol. The molecule has 0 aliphatic carbocycles. The van der Waals surface area contributed by atoms with Gasteiger partial charge in [-0.15, -0.1) is 0 Å². The summed E-state index contributed by atoms with van der Waals surface area (Å²) in [5, 5.41) is 1.72. The summed E-state index contributed by atoms with van der Waals surface area (Å²) in [7, 11) is 0. The van der Waals surface area contributed by atoms with Crippen molar-refractivity contribution in [2.24, 2.45) is 0 Å². The average Bonchev–Trinajstić information content (AvgIpc) is 2.87. The zero-order valence-electron chi connectivity index (χ0n) is 18.5. The predicted octanol–water partition coefficient (Wildman–Crippen LogP) is 4.67. The van der Waals surface area contributed by atoms with Gasteiger partial charge in [-0.25, -0.2) is 4.79 Å². The molecule has 0 bridgehead atoms. The van der Waals surface area contributed by atoms with Crippen molar-refractivity contribution in [3.63, 3.8) is 0 Å². The number of carbonyl (C=O) groups excluding carboxylic acids is 3. The first-order chi connectivity index (χ1) is 16.1. The van der Waals surface area contributed by atoms with Crippen LogP contribution < -0.4 is 4.90 Å². The van der Waals surface area contributed by atoms with E-state index in [-0.39, 0.29) is 25.0 Å². The molecule has 2 heterocycles. The van der Waals surface area contributed by atoms with Crippen molar-refractivity contribution < 1.29 is 19.1 Å². The van der Waals surface area contributed by atoms with E-state index in [0.717, 1.165) is 42.4 Å². The molecule has 168 valence electrons. The summed E-state index contributed by atoms with van der Waals surface area (Å²) in [6.07, 6.45) is 3.93. The molecule has 2 aliphatic rings. The summed E-state index contributed by atoms with van der Waals surface area (Å²) in [4.78, 5) is 42.2. The van der Waals surface area contributed by atoms with Crippen molar-refractivity contribution in [2.75, 3.05) is 31.1 Å². The van der Waals surface area contributed by atoms with E-state index in [1.807, 2.05) is 30.3 Å². The molecule has 6 nitrogen and oxygen atoms in total. The molecule has 0 atom stereocenters. The van der Waals surface area contributed by atoms with Crippen LogP contribution >= 0.6 is 0 Å². The highest BCUT2D eigenvalue weighted by atomic mass is 16.5. The van der Waals surface area contributed by atoms with Crippen molar-refractivity contribution >= 4 is 34.2 Å². The molecular weight excluding hydrogens is 416 g/mol. The molecule has 0 saturated carbocycles. The van der Waals surface area contributed by atoms with E-state index >= 15 is 0 Å². The summed E-state index contributed by atoms with van der Waals surface area (Å²) >= 11 is 0. The summed E-state index contributed by atoms with van der Waals surface area (Å²) in [5.74, 6) is -0.987. The smallest absolute Gasteiger partial charge is 0.338 e. The number of imide groups is 1. The fourth-order valence-corrected chi connectivity index (χ4v) is 4.79. The van der Waals surface area contributed by atoms with Gasteiger partial charge in [-0.05, 0) is 56.0 Å². The van der Waals surface area contributed by atoms with E-state index in [1.54, 1.807) is 30.3 Å². The number of nitrogens with zero attached hydrogens (tertiary/aromatic N) is 2. The summed E-state index contributed by atoms with van der Waals surface area (Å²) in [6, 6.07) is 18.3. The third kappa shape index (κ3) is 3.97. The van der Waals surface area contributed by atoms with Gasteiger partial charge in [0.25, 0.3) is 11.8 Å². The standard InChI is InChI=1S/C27H26N2O4/c30-25-21-12-7-11-20-23(28-15-5-2-6-16-28)14-13-22(24(20)21)26(31)29(25)17-8-18-33-27(32)19-9-3-1-4-10-19/h1,3-4,7,9-14H,2,5-6,8,15-18H2. The molecule has 0 N–H and O–H groups in total. The van der Waals surface area contributed by atoms with Crippen LogP contribution in [-0.4, -0.2) is 48.9 Å². The van der Waals surface area contributed by atoms with Crippen LogP contribution in [0, 0.1) is 0 Å². The molecule has 3 aromatic carbocycles. The van der Waals surface area contributed by atoms with Crippen molar-refractivity contribution in [1.29, 1.82) is 0 Å². The van der Waals surface area contributed by atoms with E-state index in [1.165, 1.54) is 11.3 Å². The number of esters is 1. The van der Waals surface area contributed by atoms with Crippen LogP contribution in [0.15, 0.2) is 60.7 Å². The summed E-state index contributed by atoms with van der Waals surface area (Å²) < 4.78 is 5.31. The number of hydrogen-bond acceptors (Lipinski definition) is 5. The number of benzene rings is 3. The zero-order valence-corrected chi connectivity index (χ0v) is 18.5. The normalized spacial score (nSPS) is 15.8. The fraction of sp³-hybridized carbons (Fsp3) is 0.296. The van der Waals surface area contributed by atoms with Crippen molar-refractivity contribution in [1.82, 2.24) is 4.90 Å². The minimum Gasteiger partial charge on any atom is -0.462 e. The predicted molar refractivity (Wildman–Crippen MR) is 127 cm³/mol. The molecule has 0 spiro atoms. The Hall–Kier alpha value is -3.67. The molecule has 2 aliphatic heterocycles. The second-order valence-electron chi connectivity index (χ2n) is 8.53. The quantitative estimate of drug-likeness (QED) is 0.315. The van der Waals surface area contributed by atoms with Crippen LogP contribution in [0.5, 0.6) is 0 Å². The lowest BCUT2D eigenvalue weighted by Gasteiger charge is -2.32. The molecule has 6 heteroatoms. The van der Waals surface area contributed by atoms with Crippen LogP contribution in [0.25, 0.3) is 10.8 Å². The Morgan fingerprint density at radius 3 is 2.30 bits per heavy atom. The van der Waals surface area contributed by atoms with Gasteiger partial charge in [-0.1, -0.05) is 30.3 Å². The Morgan fingerprint density at radius 1 is 0.818 bits per heavy atom. The SMILES string of the molecule is O=C(OCCCN1C(=O)c2cccc3c(N4CCCCC4)ccc(c23)C1=O)c1ccccc1. The first-order valence-corrected chi connectivity index (χ1v) is 11.5. The van der Waals surface area contributed by atoms with Gasteiger partial charge >= 0.3 is 5.97 Å². The van der Waals surface area contributed by atoms with Crippen molar-refractivity contribution in [2.45, 2.75) is 25.7 Å². The van der Waals surface area contributed by atoms with Gasteiger partial charge in [0.2, 0.25) is 0 Å². The van der Waals surface area contributed by atoms with Crippen LogP contribution in [0.1, 0.15) is 56.8 Å². The molecule has 1 saturated heterocycles. The van der Waals surface area contributed by atoms with Crippen molar-refractivity contribution in [3.05, 3.63) is 77.4 Å². The third-order valence-corrected chi connectivity index (χ3v) is 6.43. The highest BCUT2D eigenvalue weighted by Crippen LogP contribution is 2.36. The van der Waals surface area contributed by atoms with Gasteiger partial charge in [-0.2, -0.15) is 0 Å². The summed E-state index contributed by atoms with van der Waals surface area (Å²) in [6.45, 7) is 2.32. The lowest BCUT2D eigenvalue weighted by molar-refractivity contribution is 0.0476. The van der Waals surface area contributed by atoms with E-state index in [9.17, 15) is 14.4 Å². The number of amides is 2. The Balaban J connectivity index is 1.33. The topological polar surface area (TPSA) is 66.9 Å². The molecule has 5 rings (SSSR count). The maximum Gasteiger partial charge on any atom is 0.338 e. The maximum atomic E-state index is 13.2. The molecular formula is C27H26N2O4. The Morgan fingerprint density at radius 2 is 1.55 bits per heavy atom. The molecule has 0 radical (unpaired) electrons. The van der Waals surface area contributed by atoms with Crippen LogP contribution in [0.2, 0.25) is 0 Å². The first kappa shape index (κ1) is 21.2. The number of rotatable bonds is 6. The number of piperidine rings is 1. The van der Waals surface area contributed by atoms with E-state index in [4.69, 9.17) is 4.74 Å². The maximum absolute atomic E-state index is 13.2. The van der Waals surface area contributed by atoms with Gasteiger partial charge in [0.15, 0.2) is 0 Å². The number of anilines is 1. The first-order valence-electron chi connectivity index (χ1n) is 11.5. The van der Waals surface area contributed by atoms with Gasteiger partial charge in [0, 0.05) is 47.2 Å². The van der Waals surface area contributed by atoms with Gasteiger partial charge < -0.3 is 9.64 Å². The third-order valence-electron chi connectivity index (χ3n) is 6.43. The second-order valence-corrected chi connectivity index (χ2v) is 8.53. The number of hydrogen-bond donors (Lipinski definition) is 0. The highest BCUT2D eigenvalue weighted by Gasteiger charge is 2.33. The molecule has 0 unspecified atom stereocenters. The van der Waals surface area contributed by atoms with Crippen LogP contribution in [0.4, 0.5) is 5.69 Å². The zero-order chi connectivity index (χ0) is 22.8. The molecule has 1 fully saturated rings. The van der Waals surface area contributed by atoms with Gasteiger partial charge in [-0.3, -0.25) is 14.5 Å². The fourth-order valence-electron chi connectivity index (χ4n) is 4.79. The van der Waals surface area contributed by atoms with E-state index in [2.05, 4.69) is 4.90 Å². The monoisotopic (exact) mass is 442 g/mol. The minimum absolute atomic E-state index is 0.135. The molecule has 3 aromatic rings. The number of ether oxygens (including phenoxy) is 1. The van der Waals surface area contributed by atoms with E-state index in [0.29, 0.717) is 23.1 Å². The number of carbonyl (C=O) groups is 3. The van der Waals surface area contributed by atoms with Crippen LogP contribution in [0.3, 0.4) is 0 Å². The lowest BCUT2D eigenvalue weighted by atomic mass is 9.92. The van der Waals surface area contributed by atoms with Crippen LogP contribution in [-0.2, 0) is 4.74 Å². The summed E-state index contributed by atoms with van der Waals surface area (Å²) in [5.41, 5.74) is 2.69. The van der Waals surface area contributed by atoms with E-state index < -0.39 is 5.97 Å². The Kier molecular flexibility index (Phi) is 5.82. The lowest BCUT2D eigenvalue weighted by Crippen LogP contribution is -2.41. The Labute approximate surface area is 192 Å². The second kappa shape index (κ2) is 9.06. The van der Waals surface area contributed by atoms with Gasteiger partial charge in [0.1, 0.15) is 0 Å². The molecule has 33 heavy (non-hydrogen) atoms. The Bertz CT molecular complexity index is 1190.